The van der Waals surface area contributed by atoms with Crippen LogP contribution < -0.4 is 31.5 Å². The summed E-state index contributed by atoms with van der Waals surface area (Å²) in [4.78, 5) is 46.9. The summed E-state index contributed by atoms with van der Waals surface area (Å²) < 4.78 is 0. The van der Waals surface area contributed by atoms with Crippen molar-refractivity contribution in [3.63, 3.8) is 0 Å². The molecule has 0 saturated carbocycles. The zero-order chi connectivity index (χ0) is 45.2. The number of rotatable bonds is 12. The molecule has 12 nitrogen and oxygen atoms in total. The maximum absolute atomic E-state index is 14.0. The van der Waals surface area contributed by atoms with Gasteiger partial charge in [0.05, 0.1) is 11.1 Å². The summed E-state index contributed by atoms with van der Waals surface area (Å²) in [6.07, 6.45) is 12.3. The Morgan fingerprint density at radius 1 is 0.530 bits per heavy atom. The zero-order valence-electron chi connectivity index (χ0n) is 36.4. The second-order valence-electron chi connectivity index (χ2n) is 16.6. The number of fused-ring (bicyclic) bond motifs is 2. The number of carbonyl (C=O) groups is 2. The van der Waals surface area contributed by atoms with Crippen LogP contribution in [0.1, 0.15) is 45.7 Å². The van der Waals surface area contributed by atoms with Crippen LogP contribution in [-0.2, 0) is 5.54 Å². The van der Waals surface area contributed by atoms with E-state index in [-0.39, 0.29) is 11.8 Å². The minimum Gasteiger partial charge on any atom is -0.355 e. The van der Waals surface area contributed by atoms with E-state index < -0.39 is 5.54 Å². The molecule has 322 valence electrons. The number of aromatic nitrogens is 4. The molecule has 5 aromatic carbocycles. The van der Waals surface area contributed by atoms with Gasteiger partial charge in [-0.2, -0.15) is 0 Å². The third kappa shape index (κ3) is 8.33. The van der Waals surface area contributed by atoms with Crippen LogP contribution >= 0.6 is 0 Å². The molecule has 1 aliphatic rings. The number of benzene rings is 5. The second-order valence-corrected chi connectivity index (χ2v) is 16.6. The molecule has 66 heavy (non-hydrogen) atoms. The average molecular weight is 865 g/mol. The second kappa shape index (κ2) is 17.3. The van der Waals surface area contributed by atoms with Gasteiger partial charge >= 0.3 is 0 Å². The fraction of sp³-hybridized carbons (Fsp3) is 0.0741. The molecule has 12 heteroatoms. The maximum Gasteiger partial charge on any atom is 0.259 e. The van der Waals surface area contributed by atoms with E-state index >= 15 is 0 Å². The number of hydrogen-bond acceptors (Lipinski definition) is 10. The Morgan fingerprint density at radius 3 is 1.89 bits per heavy atom. The van der Waals surface area contributed by atoms with Crippen molar-refractivity contribution >= 4 is 79.6 Å². The van der Waals surface area contributed by atoms with Crippen LogP contribution in [0, 0.1) is 6.92 Å². The SMILES string of the molecule is Cc1ccc2nccc(Nc3cccc(NC(=O)c4ccc(Nc5ccncc5-c5cnccc5Nc5cccc(N6C(=O)c7ccc(Nc8ccncc8)cc7C6(C)C)c5)cc4)c3)c2c1. The number of nitrogens with zero attached hydrogens (tertiary/aromatic N) is 5. The Kier molecular flexibility index (Phi) is 10.8. The normalized spacial score (nSPS) is 12.7. The van der Waals surface area contributed by atoms with E-state index in [4.69, 9.17) is 0 Å². The molecular formula is C54H44N10O2. The first-order valence-corrected chi connectivity index (χ1v) is 21.5. The van der Waals surface area contributed by atoms with Crippen molar-refractivity contribution in [2.75, 3.05) is 31.5 Å². The molecule has 9 aromatic rings. The average Bonchev–Trinajstić information content (AvgIpc) is 3.53. The maximum atomic E-state index is 14.0. The van der Waals surface area contributed by atoms with Gasteiger partial charge in [-0.1, -0.05) is 23.8 Å². The number of hydrogen-bond donors (Lipinski definition) is 5. The highest BCUT2D eigenvalue weighted by molar-refractivity contribution is 6.12. The largest absolute Gasteiger partial charge is 0.355 e. The first kappa shape index (κ1) is 41.1. The number of aryl methyl sites for hydroxylation is 1. The van der Waals surface area contributed by atoms with Crippen LogP contribution in [0.15, 0.2) is 183 Å². The molecule has 0 atom stereocenters. The van der Waals surface area contributed by atoms with Crippen LogP contribution in [0.4, 0.5) is 56.9 Å². The Hall–Kier alpha value is -8.90. The van der Waals surface area contributed by atoms with E-state index in [1.165, 1.54) is 0 Å². The Bertz CT molecular complexity index is 3280. The van der Waals surface area contributed by atoms with E-state index in [1.807, 2.05) is 120 Å². The fourth-order valence-corrected chi connectivity index (χ4v) is 8.43. The summed E-state index contributed by atoms with van der Waals surface area (Å²) in [6.45, 7) is 6.20. The van der Waals surface area contributed by atoms with Crippen LogP contribution in [0.25, 0.3) is 22.0 Å². The highest BCUT2D eigenvalue weighted by atomic mass is 16.2. The quantitative estimate of drug-likeness (QED) is 0.0803. The molecule has 0 spiro atoms. The monoisotopic (exact) mass is 864 g/mol. The summed E-state index contributed by atoms with van der Waals surface area (Å²) in [5.74, 6) is -0.287. The van der Waals surface area contributed by atoms with Crippen molar-refractivity contribution in [1.29, 1.82) is 0 Å². The van der Waals surface area contributed by atoms with Crippen LogP contribution in [0.3, 0.4) is 0 Å². The van der Waals surface area contributed by atoms with E-state index in [2.05, 4.69) is 79.4 Å². The van der Waals surface area contributed by atoms with Crippen LogP contribution in [-0.4, -0.2) is 31.8 Å². The number of anilines is 10. The van der Waals surface area contributed by atoms with E-state index in [0.717, 1.165) is 84.3 Å². The van der Waals surface area contributed by atoms with Crippen molar-refractivity contribution < 1.29 is 9.59 Å². The Balaban J connectivity index is 0.831. The lowest BCUT2D eigenvalue weighted by atomic mass is 9.93. The number of nitrogens with one attached hydrogen (secondary N) is 5. The van der Waals surface area contributed by atoms with Gasteiger partial charge in [-0.3, -0.25) is 34.4 Å². The number of pyridine rings is 4. The Labute approximate surface area is 381 Å². The highest BCUT2D eigenvalue weighted by Crippen LogP contribution is 2.44. The summed E-state index contributed by atoms with van der Waals surface area (Å²) >= 11 is 0. The predicted octanol–water partition coefficient (Wildman–Crippen LogP) is 12.5. The van der Waals surface area contributed by atoms with E-state index in [9.17, 15) is 9.59 Å². The molecule has 2 amide bonds. The van der Waals surface area contributed by atoms with Gasteiger partial charge in [0.15, 0.2) is 0 Å². The van der Waals surface area contributed by atoms with Crippen LogP contribution in [0.5, 0.6) is 0 Å². The first-order chi connectivity index (χ1) is 32.2. The molecule has 4 aromatic heterocycles. The van der Waals surface area contributed by atoms with Gasteiger partial charge in [-0.25, -0.2) is 0 Å². The predicted molar refractivity (Wildman–Crippen MR) is 265 cm³/mol. The first-order valence-electron chi connectivity index (χ1n) is 21.5. The highest BCUT2D eigenvalue weighted by Gasteiger charge is 2.44. The summed E-state index contributed by atoms with van der Waals surface area (Å²) in [7, 11) is 0. The van der Waals surface area contributed by atoms with Gasteiger partial charge in [0.25, 0.3) is 11.8 Å². The van der Waals surface area contributed by atoms with Gasteiger partial charge < -0.3 is 26.6 Å². The molecular weight excluding hydrogens is 821 g/mol. The molecule has 0 unspecified atom stereocenters. The lowest BCUT2D eigenvalue weighted by molar-refractivity contribution is 0.0980. The minimum absolute atomic E-state index is 0.0591. The Morgan fingerprint density at radius 2 is 1.14 bits per heavy atom. The van der Waals surface area contributed by atoms with Gasteiger partial charge in [0.1, 0.15) is 0 Å². The van der Waals surface area contributed by atoms with Crippen molar-refractivity contribution in [2.45, 2.75) is 26.3 Å². The number of amides is 2. The molecule has 5 heterocycles. The van der Waals surface area contributed by atoms with Gasteiger partial charge in [0.2, 0.25) is 0 Å². The third-order valence-electron chi connectivity index (χ3n) is 11.7. The molecule has 0 saturated heterocycles. The summed E-state index contributed by atoms with van der Waals surface area (Å²) in [5, 5.41) is 18.1. The third-order valence-corrected chi connectivity index (χ3v) is 11.7. The van der Waals surface area contributed by atoms with E-state index in [0.29, 0.717) is 16.8 Å². The molecule has 5 N–H and O–H groups in total. The fourth-order valence-electron chi connectivity index (χ4n) is 8.43. The molecule has 0 radical (unpaired) electrons. The van der Waals surface area contributed by atoms with Crippen molar-refractivity contribution in [3.05, 3.63) is 205 Å². The van der Waals surface area contributed by atoms with Crippen molar-refractivity contribution in [1.82, 2.24) is 19.9 Å². The lowest BCUT2D eigenvalue weighted by Gasteiger charge is -2.33. The van der Waals surface area contributed by atoms with Gasteiger partial charge in [-0.15, -0.1) is 0 Å². The van der Waals surface area contributed by atoms with Crippen LogP contribution in [0.2, 0.25) is 0 Å². The summed E-state index contributed by atoms with van der Waals surface area (Å²) in [5.41, 5.74) is 13.4. The van der Waals surface area contributed by atoms with E-state index in [1.54, 1.807) is 55.5 Å². The summed E-state index contributed by atoms with van der Waals surface area (Å²) in [6, 6.07) is 44.5. The molecule has 0 aliphatic carbocycles. The lowest BCUT2D eigenvalue weighted by Crippen LogP contribution is -2.39. The number of carbonyl (C=O) groups excluding carboxylic acids is 2. The van der Waals surface area contributed by atoms with Crippen molar-refractivity contribution in [2.24, 2.45) is 0 Å². The topological polar surface area (TPSA) is 149 Å². The molecule has 0 fully saturated rings. The molecule has 1 aliphatic heterocycles. The van der Waals surface area contributed by atoms with Crippen molar-refractivity contribution in [3.8, 4) is 11.1 Å². The standard InChI is InChI=1S/C54H44N10O2/c1-34-10-17-48-44(28-34)49(22-27-58-48)61-38-6-4-7-39(29-38)63-52(65)35-11-13-36(14-12-35)60-50-20-25-56-32-45(50)46-33-57-26-21-51(46)62-40-8-5-9-42(30-40)64-53(66)43-16-15-41(31-47(43)54(64,2)3)59-37-18-23-55-24-19-37/h4-33H,1-3H3,(H,55,59)(H,56,60)(H,57,62)(H,58,61)(H,63,65). The molecule has 10 rings (SSSR count). The van der Waals surface area contributed by atoms with Gasteiger partial charge in [0, 0.05) is 128 Å². The minimum atomic E-state index is -0.623. The zero-order valence-corrected chi connectivity index (χ0v) is 36.4. The van der Waals surface area contributed by atoms with Gasteiger partial charge in [-0.05, 0) is 148 Å². The smallest absolute Gasteiger partial charge is 0.259 e. The molecule has 0 bridgehead atoms.